The molecule has 0 fully saturated rings. The van der Waals surface area contributed by atoms with E-state index in [0.29, 0.717) is 6.54 Å². The molecule has 0 spiro atoms. The molecule has 1 amide bonds. The molecule has 0 bridgehead atoms. The minimum Gasteiger partial charge on any atom is -0.478 e. The predicted octanol–water partition coefficient (Wildman–Crippen LogP) is 4.26. The minimum absolute atomic E-state index is 0.211. The molecule has 0 radical (unpaired) electrons. The summed E-state index contributed by atoms with van der Waals surface area (Å²) in [6.07, 6.45) is 1.28. The molecule has 25 heavy (non-hydrogen) atoms. The largest absolute Gasteiger partial charge is 0.478 e. The van der Waals surface area contributed by atoms with Gasteiger partial charge in [0, 0.05) is 5.69 Å². The average molecular weight is 331 g/mol. The molecule has 0 aliphatic carbocycles. The van der Waals surface area contributed by atoms with Gasteiger partial charge in [0.2, 0.25) is 0 Å². The molecular formula is C21H17NO3. The lowest BCUT2D eigenvalue weighted by Gasteiger charge is -2.22. The SMILES string of the molecule is C=CC(=O)N(Cc1ccc(C(=O)O)cc1)c1ccc2ccccc2c1. The summed E-state index contributed by atoms with van der Waals surface area (Å²) in [5.74, 6) is -1.18. The third-order valence-corrected chi connectivity index (χ3v) is 4.03. The first kappa shape index (κ1) is 16.5. The topological polar surface area (TPSA) is 57.6 Å². The van der Waals surface area contributed by atoms with Crippen molar-refractivity contribution < 1.29 is 14.7 Å². The molecule has 4 nitrogen and oxygen atoms in total. The molecule has 3 rings (SSSR count). The van der Waals surface area contributed by atoms with Crippen LogP contribution in [0.25, 0.3) is 10.8 Å². The fourth-order valence-electron chi connectivity index (χ4n) is 2.69. The second-order valence-corrected chi connectivity index (χ2v) is 5.66. The van der Waals surface area contributed by atoms with Crippen LogP contribution < -0.4 is 4.90 Å². The van der Waals surface area contributed by atoms with Crippen LogP contribution in [-0.4, -0.2) is 17.0 Å². The molecule has 4 heteroatoms. The second kappa shape index (κ2) is 7.01. The summed E-state index contributed by atoms with van der Waals surface area (Å²) in [4.78, 5) is 24.9. The van der Waals surface area contributed by atoms with Crippen LogP contribution in [0.4, 0.5) is 5.69 Å². The van der Waals surface area contributed by atoms with Crippen LogP contribution in [0.15, 0.2) is 79.4 Å². The summed E-state index contributed by atoms with van der Waals surface area (Å²) in [7, 11) is 0. The van der Waals surface area contributed by atoms with Crippen LogP contribution in [0.1, 0.15) is 15.9 Å². The fraction of sp³-hybridized carbons (Fsp3) is 0.0476. The number of nitrogens with zero attached hydrogens (tertiary/aromatic N) is 1. The summed E-state index contributed by atoms with van der Waals surface area (Å²) in [5.41, 5.74) is 1.83. The molecule has 0 saturated carbocycles. The highest BCUT2D eigenvalue weighted by Crippen LogP contribution is 2.24. The van der Waals surface area contributed by atoms with Crippen molar-refractivity contribution in [3.8, 4) is 0 Å². The van der Waals surface area contributed by atoms with Crippen LogP contribution in [0.3, 0.4) is 0 Å². The molecule has 0 saturated heterocycles. The molecule has 0 heterocycles. The number of hydrogen-bond donors (Lipinski definition) is 1. The molecule has 0 aliphatic heterocycles. The molecule has 0 aliphatic rings. The smallest absolute Gasteiger partial charge is 0.335 e. The number of carboxylic acids is 1. The Morgan fingerprint density at radius 1 is 0.960 bits per heavy atom. The van der Waals surface area contributed by atoms with E-state index in [0.717, 1.165) is 22.0 Å². The standard InChI is InChI=1S/C21H17NO3/c1-2-20(23)22(14-15-7-9-17(10-8-15)21(24)25)19-12-11-16-5-3-4-6-18(16)13-19/h2-13H,1,14H2,(H,24,25). The monoisotopic (exact) mass is 331 g/mol. The van der Waals surface area contributed by atoms with E-state index in [9.17, 15) is 9.59 Å². The van der Waals surface area contributed by atoms with Crippen molar-refractivity contribution in [2.45, 2.75) is 6.54 Å². The molecular weight excluding hydrogens is 314 g/mol. The number of amides is 1. The van der Waals surface area contributed by atoms with Gasteiger partial charge in [-0.15, -0.1) is 0 Å². The molecule has 0 aromatic heterocycles. The first-order valence-electron chi connectivity index (χ1n) is 7.83. The van der Waals surface area contributed by atoms with E-state index in [4.69, 9.17) is 5.11 Å². The van der Waals surface area contributed by atoms with Crippen molar-refractivity contribution in [2.75, 3.05) is 4.90 Å². The third-order valence-electron chi connectivity index (χ3n) is 4.03. The lowest BCUT2D eigenvalue weighted by molar-refractivity contribution is -0.114. The zero-order valence-electron chi connectivity index (χ0n) is 13.6. The summed E-state index contributed by atoms with van der Waals surface area (Å²) in [6, 6.07) is 20.3. The quantitative estimate of drug-likeness (QED) is 0.711. The zero-order valence-corrected chi connectivity index (χ0v) is 13.6. The van der Waals surface area contributed by atoms with Gasteiger partial charge in [0.1, 0.15) is 0 Å². The highest BCUT2D eigenvalue weighted by molar-refractivity contribution is 6.02. The van der Waals surface area contributed by atoms with Crippen molar-refractivity contribution in [3.63, 3.8) is 0 Å². The molecule has 3 aromatic carbocycles. The van der Waals surface area contributed by atoms with E-state index in [1.165, 1.54) is 18.2 Å². The molecule has 124 valence electrons. The van der Waals surface area contributed by atoms with Crippen molar-refractivity contribution in [1.82, 2.24) is 0 Å². The molecule has 3 aromatic rings. The number of fused-ring (bicyclic) bond motifs is 1. The van der Waals surface area contributed by atoms with Crippen molar-refractivity contribution >= 4 is 28.3 Å². The van der Waals surface area contributed by atoms with Crippen LogP contribution >= 0.6 is 0 Å². The Hall–Kier alpha value is -3.40. The Bertz CT molecular complexity index is 945. The maximum absolute atomic E-state index is 12.3. The van der Waals surface area contributed by atoms with Gasteiger partial charge < -0.3 is 10.0 Å². The molecule has 0 unspecified atom stereocenters. The van der Waals surface area contributed by atoms with E-state index in [1.54, 1.807) is 17.0 Å². The van der Waals surface area contributed by atoms with Gasteiger partial charge in [-0.2, -0.15) is 0 Å². The number of hydrogen-bond acceptors (Lipinski definition) is 2. The number of carbonyl (C=O) groups excluding carboxylic acids is 1. The fourth-order valence-corrected chi connectivity index (χ4v) is 2.69. The Balaban J connectivity index is 1.94. The third kappa shape index (κ3) is 3.58. The Morgan fingerprint density at radius 3 is 2.28 bits per heavy atom. The lowest BCUT2D eigenvalue weighted by atomic mass is 10.1. The zero-order chi connectivity index (χ0) is 17.8. The lowest BCUT2D eigenvalue weighted by Crippen LogP contribution is -2.28. The summed E-state index contributed by atoms with van der Waals surface area (Å²) in [6.45, 7) is 3.92. The summed E-state index contributed by atoms with van der Waals surface area (Å²) >= 11 is 0. The van der Waals surface area contributed by atoms with Gasteiger partial charge >= 0.3 is 5.97 Å². The summed E-state index contributed by atoms with van der Waals surface area (Å²) < 4.78 is 0. The minimum atomic E-state index is -0.972. The Labute approximate surface area is 145 Å². The maximum atomic E-state index is 12.3. The molecule has 0 atom stereocenters. The van der Waals surface area contributed by atoms with Gasteiger partial charge in [-0.3, -0.25) is 4.79 Å². The number of aromatic carboxylic acids is 1. The van der Waals surface area contributed by atoms with Gasteiger partial charge in [-0.1, -0.05) is 49.0 Å². The van der Waals surface area contributed by atoms with E-state index in [-0.39, 0.29) is 11.5 Å². The van der Waals surface area contributed by atoms with Gasteiger partial charge in [-0.05, 0) is 46.7 Å². The van der Waals surface area contributed by atoms with Gasteiger partial charge in [0.05, 0.1) is 12.1 Å². The molecule has 1 N–H and O–H groups in total. The average Bonchev–Trinajstić information content (AvgIpc) is 2.65. The summed E-state index contributed by atoms with van der Waals surface area (Å²) in [5, 5.41) is 11.1. The van der Waals surface area contributed by atoms with Crippen molar-refractivity contribution in [2.24, 2.45) is 0 Å². The number of carbonyl (C=O) groups is 2. The number of rotatable bonds is 5. The van der Waals surface area contributed by atoms with Crippen molar-refractivity contribution in [1.29, 1.82) is 0 Å². The highest BCUT2D eigenvalue weighted by Gasteiger charge is 2.14. The Morgan fingerprint density at radius 2 is 1.64 bits per heavy atom. The predicted molar refractivity (Wildman–Crippen MR) is 98.7 cm³/mol. The van der Waals surface area contributed by atoms with Crippen LogP contribution in [0, 0.1) is 0 Å². The van der Waals surface area contributed by atoms with Gasteiger partial charge in [0.25, 0.3) is 5.91 Å². The first-order chi connectivity index (χ1) is 12.1. The highest BCUT2D eigenvalue weighted by atomic mass is 16.4. The van der Waals surface area contributed by atoms with E-state index < -0.39 is 5.97 Å². The van der Waals surface area contributed by atoms with Crippen LogP contribution in [0.2, 0.25) is 0 Å². The van der Waals surface area contributed by atoms with E-state index in [2.05, 4.69) is 6.58 Å². The van der Waals surface area contributed by atoms with Crippen LogP contribution in [-0.2, 0) is 11.3 Å². The normalized spacial score (nSPS) is 10.4. The maximum Gasteiger partial charge on any atom is 0.335 e. The van der Waals surface area contributed by atoms with E-state index in [1.807, 2.05) is 42.5 Å². The van der Waals surface area contributed by atoms with Gasteiger partial charge in [-0.25, -0.2) is 4.79 Å². The van der Waals surface area contributed by atoms with Gasteiger partial charge in [0.15, 0.2) is 0 Å². The van der Waals surface area contributed by atoms with Crippen molar-refractivity contribution in [3.05, 3.63) is 90.5 Å². The number of benzene rings is 3. The Kier molecular flexibility index (Phi) is 4.61. The second-order valence-electron chi connectivity index (χ2n) is 5.66. The van der Waals surface area contributed by atoms with E-state index >= 15 is 0 Å². The number of carboxylic acid groups (broad SMARTS) is 1. The first-order valence-corrected chi connectivity index (χ1v) is 7.83. The number of anilines is 1. The van der Waals surface area contributed by atoms with Crippen LogP contribution in [0.5, 0.6) is 0 Å².